The van der Waals surface area contributed by atoms with Crippen molar-refractivity contribution in [3.8, 4) is 16.9 Å². The molecule has 2 aromatic heterocycles. The number of rotatable bonds is 5. The first-order valence-electron chi connectivity index (χ1n) is 10.7. The monoisotopic (exact) mass is 458 g/mol. The fourth-order valence-electron chi connectivity index (χ4n) is 3.81. The van der Waals surface area contributed by atoms with Crippen LogP contribution in [-0.4, -0.2) is 32.2 Å². The van der Waals surface area contributed by atoms with E-state index in [0.717, 1.165) is 17.0 Å². The van der Waals surface area contributed by atoms with Gasteiger partial charge < -0.3 is 9.64 Å². The van der Waals surface area contributed by atoms with Gasteiger partial charge in [-0.3, -0.25) is 14.5 Å². The van der Waals surface area contributed by atoms with E-state index in [4.69, 9.17) is 2.74 Å². The quantitative estimate of drug-likeness (QED) is 0.408. The van der Waals surface area contributed by atoms with Crippen molar-refractivity contribution in [2.75, 3.05) is 0 Å². The van der Waals surface area contributed by atoms with E-state index in [2.05, 4.69) is 14.8 Å². The molecule has 0 N–H and O–H groups in total. The first-order chi connectivity index (χ1) is 16.6. The van der Waals surface area contributed by atoms with Gasteiger partial charge in [0.05, 0.1) is 27.0 Å². The van der Waals surface area contributed by atoms with Gasteiger partial charge in [-0.2, -0.15) is 13.9 Å². The molecular formula is C23H16F4N4O2. The summed E-state index contributed by atoms with van der Waals surface area (Å²) in [6, 6.07) is 7.58. The molecule has 33 heavy (non-hydrogen) atoms. The number of fused-ring (bicyclic) bond motifs is 2. The van der Waals surface area contributed by atoms with Gasteiger partial charge in [-0.1, -0.05) is 0 Å². The maximum Gasteiger partial charge on any atom is 0.387 e. The molecule has 0 atom stereocenters. The predicted molar refractivity (Wildman–Crippen MR) is 111 cm³/mol. The summed E-state index contributed by atoms with van der Waals surface area (Å²) < 4.78 is 78.2. The lowest BCUT2D eigenvalue weighted by molar-refractivity contribution is -0.0489. The molecule has 2 aromatic carbocycles. The molecule has 6 nitrogen and oxygen atoms in total. The van der Waals surface area contributed by atoms with Crippen LogP contribution in [0.1, 0.15) is 24.4 Å². The molecule has 3 heterocycles. The molecule has 5 rings (SSSR count). The number of nitrogens with zero attached hydrogens (tertiary/aromatic N) is 4. The van der Waals surface area contributed by atoms with Gasteiger partial charge in [-0.15, -0.1) is 0 Å². The van der Waals surface area contributed by atoms with Crippen LogP contribution in [-0.2, 0) is 20.1 Å². The Hall–Kier alpha value is -3.95. The topological polar surface area (TPSA) is 60.3 Å². The fraction of sp³-hybridized carbons (Fsp3) is 0.174. The number of alkyl halides is 2. The van der Waals surface area contributed by atoms with E-state index in [1.165, 1.54) is 41.3 Å². The van der Waals surface area contributed by atoms with Gasteiger partial charge in [0, 0.05) is 30.4 Å². The lowest BCUT2D eigenvalue weighted by Gasteiger charge is -2.17. The summed E-state index contributed by atoms with van der Waals surface area (Å²) in [5, 5.41) is 4.44. The molecule has 0 spiro atoms. The number of aromatic nitrogens is 3. The molecule has 0 bridgehead atoms. The average Bonchev–Trinajstić information content (AvgIpc) is 3.27. The van der Waals surface area contributed by atoms with Gasteiger partial charge in [0.25, 0.3) is 5.91 Å². The molecule has 10 heteroatoms. The summed E-state index contributed by atoms with van der Waals surface area (Å²) in [4.78, 5) is 17.4. The number of hydrogen-bond acceptors (Lipinski definition) is 4. The second-order valence-electron chi connectivity index (χ2n) is 7.38. The Balaban J connectivity index is 1.53. The molecule has 0 saturated carbocycles. The minimum atomic E-state index is -3.07. The number of ether oxygens (including phenoxy) is 1. The van der Waals surface area contributed by atoms with Gasteiger partial charge in [0.2, 0.25) is 0 Å². The third-order valence-electron chi connectivity index (χ3n) is 5.26. The predicted octanol–water partition coefficient (Wildman–Crippen LogP) is 4.67. The Kier molecular flexibility index (Phi) is 4.44. The number of carbonyl (C=O) groups excluding carboxylic acids is 1. The van der Waals surface area contributed by atoms with Gasteiger partial charge >= 0.3 is 6.61 Å². The number of aryl methyl sites for hydroxylation is 1. The van der Waals surface area contributed by atoms with Crippen molar-refractivity contribution in [1.82, 2.24) is 19.7 Å². The van der Waals surface area contributed by atoms with Crippen LogP contribution in [0.25, 0.3) is 22.0 Å². The van der Waals surface area contributed by atoms with Crippen LogP contribution in [0.15, 0.2) is 48.8 Å². The smallest absolute Gasteiger partial charge is 0.387 e. The summed E-state index contributed by atoms with van der Waals surface area (Å²) in [5.74, 6) is -2.91. The summed E-state index contributed by atoms with van der Waals surface area (Å²) in [6.07, 6.45) is 2.84. The van der Waals surface area contributed by atoms with Gasteiger partial charge in [-0.05, 0) is 47.5 Å². The first kappa shape index (κ1) is 18.6. The van der Waals surface area contributed by atoms with Crippen LogP contribution in [0.5, 0.6) is 5.75 Å². The van der Waals surface area contributed by atoms with Crippen LogP contribution in [0.4, 0.5) is 17.6 Å². The Labute approximate surface area is 187 Å². The largest absolute Gasteiger partial charge is 0.432 e. The number of halogens is 4. The molecule has 0 unspecified atom stereocenters. The summed E-state index contributed by atoms with van der Waals surface area (Å²) in [7, 11) is 1.56. The summed E-state index contributed by atoms with van der Waals surface area (Å²) in [6.45, 7) is -6.09. The second-order valence-corrected chi connectivity index (χ2v) is 7.38. The summed E-state index contributed by atoms with van der Waals surface area (Å²) >= 11 is 0. The Morgan fingerprint density at radius 1 is 1.18 bits per heavy atom. The van der Waals surface area contributed by atoms with E-state index < -0.39 is 42.8 Å². The van der Waals surface area contributed by atoms with Crippen LogP contribution >= 0.6 is 0 Å². The molecule has 0 fully saturated rings. The third-order valence-corrected chi connectivity index (χ3v) is 5.26. The minimum absolute atomic E-state index is 0.0278. The molecular weight excluding hydrogens is 440 g/mol. The maximum atomic E-state index is 15.2. The zero-order valence-corrected chi connectivity index (χ0v) is 17.0. The number of pyridine rings is 1. The number of carbonyl (C=O) groups is 1. The number of amides is 1. The van der Waals surface area contributed by atoms with E-state index in [9.17, 15) is 13.6 Å². The Morgan fingerprint density at radius 2 is 1.94 bits per heavy atom. The fourth-order valence-corrected chi connectivity index (χ4v) is 3.81. The second kappa shape index (κ2) is 7.88. The van der Waals surface area contributed by atoms with Crippen molar-refractivity contribution in [2.24, 2.45) is 7.05 Å². The Morgan fingerprint density at radius 3 is 2.64 bits per heavy atom. The molecule has 1 aliphatic heterocycles. The SMILES string of the molecule is [2H]C1([2H])c2ncccc2C(=O)N1Cc1c(F)cc(-c2ccc(OC(F)F)c3nn(C)cc23)cc1F. The lowest BCUT2D eigenvalue weighted by Crippen LogP contribution is -2.24. The van der Waals surface area contributed by atoms with Gasteiger partial charge in [0.15, 0.2) is 5.75 Å². The molecule has 168 valence electrons. The van der Waals surface area contributed by atoms with Gasteiger partial charge in [-0.25, -0.2) is 8.78 Å². The van der Waals surface area contributed by atoms with Crippen molar-refractivity contribution in [1.29, 1.82) is 0 Å². The molecule has 0 saturated heterocycles. The summed E-state index contributed by atoms with van der Waals surface area (Å²) in [5.41, 5.74) is -0.0722. The molecule has 1 amide bonds. The van der Waals surface area contributed by atoms with Crippen LogP contribution in [0.2, 0.25) is 0 Å². The van der Waals surface area contributed by atoms with Crippen molar-refractivity contribution in [3.05, 3.63) is 77.2 Å². The molecule has 1 aliphatic rings. The highest BCUT2D eigenvalue weighted by atomic mass is 19.3. The van der Waals surface area contributed by atoms with Crippen LogP contribution in [0.3, 0.4) is 0 Å². The van der Waals surface area contributed by atoms with Crippen LogP contribution < -0.4 is 4.74 Å². The van der Waals surface area contributed by atoms with Gasteiger partial charge in [0.1, 0.15) is 17.2 Å². The highest BCUT2D eigenvalue weighted by Crippen LogP contribution is 2.36. The molecule has 0 radical (unpaired) electrons. The number of benzene rings is 2. The van der Waals surface area contributed by atoms with E-state index in [0.29, 0.717) is 10.9 Å². The minimum Gasteiger partial charge on any atom is -0.432 e. The van der Waals surface area contributed by atoms with E-state index in [1.807, 2.05) is 0 Å². The highest BCUT2D eigenvalue weighted by Gasteiger charge is 2.30. The van der Waals surface area contributed by atoms with Crippen molar-refractivity contribution < 1.29 is 29.8 Å². The van der Waals surface area contributed by atoms with Crippen molar-refractivity contribution in [2.45, 2.75) is 19.7 Å². The zero-order chi connectivity index (χ0) is 25.1. The van der Waals surface area contributed by atoms with E-state index in [-0.39, 0.29) is 28.1 Å². The number of hydrogen-bond donors (Lipinski definition) is 0. The molecule has 4 aromatic rings. The normalized spacial score (nSPS) is 15.7. The van der Waals surface area contributed by atoms with Crippen molar-refractivity contribution in [3.63, 3.8) is 0 Å². The Bertz CT molecular complexity index is 1470. The standard InChI is InChI=1S/C23H16F4N4O2/c1-30-9-15-13(4-5-20(21(15)29-30)33-23(26)27)12-7-17(24)16(18(25)8-12)10-31-11-19-14(22(31)32)3-2-6-28-19/h2-9,23H,10-11H2,1H3/i11D2. The maximum absolute atomic E-state index is 15.2. The highest BCUT2D eigenvalue weighted by molar-refractivity contribution is 5.98. The van der Waals surface area contributed by atoms with E-state index >= 15 is 8.78 Å². The van der Waals surface area contributed by atoms with Crippen molar-refractivity contribution >= 4 is 16.8 Å². The zero-order valence-electron chi connectivity index (χ0n) is 19.0. The lowest BCUT2D eigenvalue weighted by atomic mass is 9.99. The first-order valence-corrected chi connectivity index (χ1v) is 9.75. The molecule has 0 aliphatic carbocycles. The third kappa shape index (κ3) is 3.67. The van der Waals surface area contributed by atoms with E-state index in [1.54, 1.807) is 7.05 Å². The average molecular weight is 458 g/mol. The van der Waals surface area contributed by atoms with Crippen LogP contribution in [0, 0.1) is 11.6 Å².